The van der Waals surface area contributed by atoms with Crippen LogP contribution >= 0.6 is 11.3 Å². The number of nitrogens with zero attached hydrogens (tertiary/aromatic N) is 2. The number of hydrogen-bond acceptors (Lipinski definition) is 3. The van der Waals surface area contributed by atoms with Crippen molar-refractivity contribution in [2.75, 3.05) is 6.54 Å². The summed E-state index contributed by atoms with van der Waals surface area (Å²) in [5, 5.41) is 5.83. The third-order valence-electron chi connectivity index (χ3n) is 3.51. The summed E-state index contributed by atoms with van der Waals surface area (Å²) in [7, 11) is 0. The van der Waals surface area contributed by atoms with Gasteiger partial charge in [-0.25, -0.2) is 4.98 Å². The number of rotatable bonds is 5. The molecule has 0 bridgehead atoms. The maximum atomic E-state index is 4.47. The van der Waals surface area contributed by atoms with Crippen molar-refractivity contribution in [1.29, 1.82) is 0 Å². The standard InChI is InChI=1S/C16H19N3S/c1-3-17-15(13-8-12(2)20-10-13)9-19-11-18-14-6-4-5-7-16(14)19/h4-8,10-11,15,17H,3,9H2,1-2H3. The fraction of sp³-hybridized carbons (Fsp3) is 0.312. The number of nitrogens with one attached hydrogen (secondary N) is 1. The molecule has 3 rings (SSSR count). The maximum Gasteiger partial charge on any atom is 0.0958 e. The van der Waals surface area contributed by atoms with Crippen LogP contribution in [0.15, 0.2) is 42.0 Å². The van der Waals surface area contributed by atoms with Gasteiger partial charge in [0.2, 0.25) is 0 Å². The minimum atomic E-state index is 0.336. The molecule has 0 saturated heterocycles. The van der Waals surface area contributed by atoms with Crippen LogP contribution in [0.1, 0.15) is 23.4 Å². The molecule has 0 spiro atoms. The Labute approximate surface area is 123 Å². The molecule has 0 aliphatic rings. The molecule has 2 aromatic heterocycles. The van der Waals surface area contributed by atoms with Gasteiger partial charge in [-0.1, -0.05) is 19.1 Å². The Morgan fingerprint density at radius 2 is 2.20 bits per heavy atom. The zero-order chi connectivity index (χ0) is 13.9. The van der Waals surface area contributed by atoms with Gasteiger partial charge in [-0.3, -0.25) is 0 Å². The summed E-state index contributed by atoms with van der Waals surface area (Å²) in [4.78, 5) is 5.83. The highest BCUT2D eigenvalue weighted by atomic mass is 32.1. The van der Waals surface area contributed by atoms with E-state index in [1.165, 1.54) is 16.0 Å². The van der Waals surface area contributed by atoms with Crippen LogP contribution in [0.2, 0.25) is 0 Å². The van der Waals surface area contributed by atoms with Crippen molar-refractivity contribution in [2.24, 2.45) is 0 Å². The Morgan fingerprint density at radius 3 is 2.95 bits per heavy atom. The van der Waals surface area contributed by atoms with Gasteiger partial charge in [-0.05, 0) is 42.6 Å². The summed E-state index contributed by atoms with van der Waals surface area (Å²) >= 11 is 1.81. The first-order valence-electron chi connectivity index (χ1n) is 6.96. The van der Waals surface area contributed by atoms with Gasteiger partial charge in [0.1, 0.15) is 0 Å². The Hall–Kier alpha value is -1.65. The summed E-state index contributed by atoms with van der Waals surface area (Å²) in [6, 6.07) is 10.9. The van der Waals surface area contributed by atoms with E-state index in [4.69, 9.17) is 0 Å². The minimum absolute atomic E-state index is 0.336. The van der Waals surface area contributed by atoms with Gasteiger partial charge in [0.15, 0.2) is 0 Å². The molecule has 2 heterocycles. The van der Waals surface area contributed by atoms with Crippen LogP contribution in [0.5, 0.6) is 0 Å². The topological polar surface area (TPSA) is 29.9 Å². The van der Waals surface area contributed by atoms with Gasteiger partial charge in [0.25, 0.3) is 0 Å². The van der Waals surface area contributed by atoms with E-state index in [0.29, 0.717) is 6.04 Å². The maximum absolute atomic E-state index is 4.47. The Bertz CT molecular complexity index is 698. The summed E-state index contributed by atoms with van der Waals surface area (Å²) in [6.45, 7) is 6.18. The van der Waals surface area contributed by atoms with Crippen molar-refractivity contribution in [3.63, 3.8) is 0 Å². The number of para-hydroxylation sites is 2. The molecule has 0 radical (unpaired) electrons. The van der Waals surface area contributed by atoms with E-state index in [0.717, 1.165) is 18.6 Å². The smallest absolute Gasteiger partial charge is 0.0958 e. The van der Waals surface area contributed by atoms with Gasteiger partial charge >= 0.3 is 0 Å². The molecule has 3 aromatic rings. The van der Waals surface area contributed by atoms with Crippen molar-refractivity contribution in [1.82, 2.24) is 14.9 Å². The largest absolute Gasteiger partial charge is 0.329 e. The predicted molar refractivity (Wildman–Crippen MR) is 85.2 cm³/mol. The number of likely N-dealkylation sites (N-methyl/N-ethyl adjacent to an activating group) is 1. The van der Waals surface area contributed by atoms with Crippen LogP contribution in [-0.2, 0) is 6.54 Å². The quantitative estimate of drug-likeness (QED) is 0.773. The average molecular weight is 285 g/mol. The van der Waals surface area contributed by atoms with Gasteiger partial charge < -0.3 is 9.88 Å². The normalized spacial score (nSPS) is 12.9. The molecule has 0 aliphatic heterocycles. The lowest BCUT2D eigenvalue weighted by atomic mass is 10.1. The Morgan fingerprint density at radius 1 is 1.35 bits per heavy atom. The van der Waals surface area contributed by atoms with Crippen LogP contribution in [0.4, 0.5) is 0 Å². The zero-order valence-corrected chi connectivity index (χ0v) is 12.7. The monoisotopic (exact) mass is 285 g/mol. The summed E-state index contributed by atoms with van der Waals surface area (Å²) in [5.74, 6) is 0. The number of benzene rings is 1. The van der Waals surface area contributed by atoms with Crippen LogP contribution in [-0.4, -0.2) is 16.1 Å². The van der Waals surface area contributed by atoms with Crippen molar-refractivity contribution < 1.29 is 0 Å². The molecular formula is C16H19N3S. The molecule has 1 aromatic carbocycles. The molecule has 1 N–H and O–H groups in total. The molecule has 20 heavy (non-hydrogen) atoms. The summed E-state index contributed by atoms with van der Waals surface area (Å²) in [5.41, 5.74) is 3.62. The van der Waals surface area contributed by atoms with Crippen LogP contribution in [0.3, 0.4) is 0 Å². The van der Waals surface area contributed by atoms with Gasteiger partial charge in [-0.15, -0.1) is 11.3 Å². The Kier molecular flexibility index (Phi) is 3.85. The first-order valence-corrected chi connectivity index (χ1v) is 7.84. The summed E-state index contributed by atoms with van der Waals surface area (Å²) in [6.07, 6.45) is 1.94. The lowest BCUT2D eigenvalue weighted by molar-refractivity contribution is 0.482. The molecule has 0 aliphatic carbocycles. The first kappa shape index (κ1) is 13.3. The highest BCUT2D eigenvalue weighted by molar-refractivity contribution is 7.10. The molecule has 3 nitrogen and oxygen atoms in total. The van der Waals surface area contributed by atoms with E-state index in [1.54, 1.807) is 0 Å². The van der Waals surface area contributed by atoms with Crippen LogP contribution in [0, 0.1) is 6.92 Å². The second-order valence-electron chi connectivity index (χ2n) is 4.99. The number of thiophene rings is 1. The van der Waals surface area contributed by atoms with E-state index in [-0.39, 0.29) is 0 Å². The van der Waals surface area contributed by atoms with Gasteiger partial charge in [0.05, 0.1) is 23.4 Å². The third-order valence-corrected chi connectivity index (χ3v) is 4.39. The number of aryl methyl sites for hydroxylation is 1. The van der Waals surface area contributed by atoms with E-state index in [2.05, 4.69) is 58.4 Å². The lowest BCUT2D eigenvalue weighted by Gasteiger charge is -2.18. The predicted octanol–water partition coefficient (Wildman–Crippen LogP) is 3.76. The fourth-order valence-corrected chi connectivity index (χ4v) is 3.29. The molecule has 0 saturated carbocycles. The molecule has 4 heteroatoms. The van der Waals surface area contributed by atoms with Gasteiger partial charge in [-0.2, -0.15) is 0 Å². The second-order valence-corrected chi connectivity index (χ2v) is 6.10. The second kappa shape index (κ2) is 5.77. The zero-order valence-electron chi connectivity index (χ0n) is 11.8. The van der Waals surface area contributed by atoms with Crippen molar-refractivity contribution in [2.45, 2.75) is 26.4 Å². The van der Waals surface area contributed by atoms with Crippen molar-refractivity contribution in [3.05, 3.63) is 52.5 Å². The number of fused-ring (bicyclic) bond motifs is 1. The van der Waals surface area contributed by atoms with E-state index in [1.807, 2.05) is 23.7 Å². The molecule has 0 fully saturated rings. The highest BCUT2D eigenvalue weighted by Gasteiger charge is 2.13. The molecular weight excluding hydrogens is 266 g/mol. The van der Waals surface area contributed by atoms with Crippen molar-refractivity contribution in [3.8, 4) is 0 Å². The van der Waals surface area contributed by atoms with Crippen molar-refractivity contribution >= 4 is 22.4 Å². The molecule has 104 valence electrons. The van der Waals surface area contributed by atoms with E-state index in [9.17, 15) is 0 Å². The fourth-order valence-electron chi connectivity index (χ4n) is 2.53. The number of aromatic nitrogens is 2. The minimum Gasteiger partial charge on any atom is -0.329 e. The summed E-state index contributed by atoms with van der Waals surface area (Å²) < 4.78 is 2.23. The van der Waals surface area contributed by atoms with Crippen LogP contribution in [0.25, 0.3) is 11.0 Å². The Balaban J connectivity index is 1.90. The van der Waals surface area contributed by atoms with E-state index < -0.39 is 0 Å². The van der Waals surface area contributed by atoms with Gasteiger partial charge in [0, 0.05) is 11.4 Å². The number of hydrogen-bond donors (Lipinski definition) is 1. The molecule has 0 amide bonds. The number of imidazole rings is 1. The molecule has 1 unspecified atom stereocenters. The third kappa shape index (κ3) is 2.62. The first-order chi connectivity index (χ1) is 9.78. The molecule has 1 atom stereocenters. The average Bonchev–Trinajstić information content (AvgIpc) is 3.05. The highest BCUT2D eigenvalue weighted by Crippen LogP contribution is 2.23. The SMILES string of the molecule is CCNC(Cn1cnc2ccccc21)c1csc(C)c1. The lowest BCUT2D eigenvalue weighted by Crippen LogP contribution is -2.24. The van der Waals surface area contributed by atoms with E-state index >= 15 is 0 Å². The van der Waals surface area contributed by atoms with Crippen LogP contribution < -0.4 is 5.32 Å².